The van der Waals surface area contributed by atoms with Crippen molar-refractivity contribution in [1.82, 2.24) is 4.98 Å². The Labute approximate surface area is 77.6 Å². The molecule has 0 aliphatic heterocycles. The zero-order valence-corrected chi connectivity index (χ0v) is 8.00. The minimum Gasteiger partial charge on any atom is -0.443 e. The van der Waals surface area contributed by atoms with Gasteiger partial charge in [-0.25, -0.2) is 4.98 Å². The first kappa shape index (κ1) is 8.30. The molecule has 0 fully saturated rings. The molecule has 0 unspecified atom stereocenters. The molecule has 0 amide bonds. The molecule has 1 aromatic carbocycles. The summed E-state index contributed by atoms with van der Waals surface area (Å²) in [5, 5.41) is 0. The highest BCUT2D eigenvalue weighted by Gasteiger charge is 2.05. The Morgan fingerprint density at radius 1 is 1.38 bits per heavy atom. The number of hydrogen-bond acceptors (Lipinski definition) is 2. The van der Waals surface area contributed by atoms with Crippen molar-refractivity contribution in [2.45, 2.75) is 26.7 Å². The summed E-state index contributed by atoms with van der Waals surface area (Å²) in [7, 11) is 0. The van der Waals surface area contributed by atoms with E-state index in [1.165, 1.54) is 17.5 Å². The van der Waals surface area contributed by atoms with Crippen molar-refractivity contribution in [1.29, 1.82) is 0 Å². The van der Waals surface area contributed by atoms with Crippen LogP contribution in [0.4, 0.5) is 0 Å². The third-order valence-electron chi connectivity index (χ3n) is 2.18. The second-order valence-electron chi connectivity index (χ2n) is 3.37. The topological polar surface area (TPSA) is 26.0 Å². The van der Waals surface area contributed by atoms with E-state index in [1.807, 2.05) is 6.07 Å². The van der Waals surface area contributed by atoms with Crippen LogP contribution in [0.3, 0.4) is 0 Å². The number of oxazole rings is 1. The third-order valence-corrected chi connectivity index (χ3v) is 2.18. The van der Waals surface area contributed by atoms with Crippen LogP contribution in [-0.4, -0.2) is 4.98 Å². The molecule has 0 atom stereocenters. The quantitative estimate of drug-likeness (QED) is 0.701. The van der Waals surface area contributed by atoms with Crippen LogP contribution in [0.5, 0.6) is 0 Å². The van der Waals surface area contributed by atoms with Gasteiger partial charge in [-0.15, -0.1) is 0 Å². The van der Waals surface area contributed by atoms with Crippen LogP contribution in [-0.2, 0) is 6.42 Å². The molecule has 0 radical (unpaired) electrons. The van der Waals surface area contributed by atoms with E-state index >= 15 is 0 Å². The first-order chi connectivity index (χ1) is 6.31. The van der Waals surface area contributed by atoms with Crippen molar-refractivity contribution in [2.24, 2.45) is 0 Å². The predicted octanol–water partition coefficient (Wildman–Crippen LogP) is 3.09. The number of benzene rings is 1. The van der Waals surface area contributed by atoms with Gasteiger partial charge in [-0.2, -0.15) is 0 Å². The maximum Gasteiger partial charge on any atom is 0.181 e. The fraction of sp³-hybridized carbons (Fsp3) is 0.364. The molecule has 2 heteroatoms. The van der Waals surface area contributed by atoms with Crippen molar-refractivity contribution >= 4 is 11.1 Å². The highest BCUT2D eigenvalue weighted by Crippen LogP contribution is 2.20. The zero-order valence-electron chi connectivity index (χ0n) is 8.00. The van der Waals surface area contributed by atoms with E-state index in [1.54, 1.807) is 0 Å². The lowest BCUT2D eigenvalue weighted by molar-refractivity contribution is 0.602. The van der Waals surface area contributed by atoms with Gasteiger partial charge in [0, 0.05) is 0 Å². The predicted molar refractivity (Wildman–Crippen MR) is 52.7 cm³/mol. The van der Waals surface area contributed by atoms with Crippen LogP contribution in [0, 0.1) is 6.92 Å². The molecule has 1 aromatic heterocycles. The highest BCUT2D eigenvalue weighted by atomic mass is 16.3. The van der Waals surface area contributed by atoms with E-state index in [0.29, 0.717) is 0 Å². The van der Waals surface area contributed by atoms with Crippen LogP contribution < -0.4 is 0 Å². The summed E-state index contributed by atoms with van der Waals surface area (Å²) in [6.45, 7) is 4.26. The molecule has 0 aliphatic rings. The van der Waals surface area contributed by atoms with Crippen molar-refractivity contribution in [3.05, 3.63) is 29.7 Å². The average Bonchev–Trinajstić information content (AvgIpc) is 2.52. The fourth-order valence-corrected chi connectivity index (χ4v) is 1.65. The van der Waals surface area contributed by atoms with Crippen molar-refractivity contribution in [3.8, 4) is 0 Å². The SMILES string of the molecule is CCCc1cc(C)cc2ocnc12. The Hall–Kier alpha value is -1.31. The normalized spacial score (nSPS) is 10.9. The minimum atomic E-state index is 0.906. The standard InChI is InChI=1S/C11H13NO/c1-3-4-9-5-8(2)6-10-11(9)12-7-13-10/h5-7H,3-4H2,1-2H3. The van der Waals surface area contributed by atoms with Gasteiger partial charge in [0.05, 0.1) is 0 Å². The third kappa shape index (κ3) is 1.44. The fourth-order valence-electron chi connectivity index (χ4n) is 1.65. The molecule has 13 heavy (non-hydrogen) atoms. The minimum absolute atomic E-state index is 0.906. The van der Waals surface area contributed by atoms with Gasteiger partial charge >= 0.3 is 0 Å². The van der Waals surface area contributed by atoms with Gasteiger partial charge in [0.25, 0.3) is 0 Å². The second-order valence-corrected chi connectivity index (χ2v) is 3.37. The first-order valence-corrected chi connectivity index (χ1v) is 4.64. The van der Waals surface area contributed by atoms with Gasteiger partial charge in [0.1, 0.15) is 5.52 Å². The molecule has 2 rings (SSSR count). The maximum atomic E-state index is 5.27. The van der Waals surface area contributed by atoms with Gasteiger partial charge in [-0.1, -0.05) is 19.4 Å². The first-order valence-electron chi connectivity index (χ1n) is 4.64. The summed E-state index contributed by atoms with van der Waals surface area (Å²) in [4.78, 5) is 4.21. The smallest absolute Gasteiger partial charge is 0.181 e. The molecule has 68 valence electrons. The Morgan fingerprint density at radius 2 is 2.23 bits per heavy atom. The summed E-state index contributed by atoms with van der Waals surface area (Å²) < 4.78 is 5.27. The van der Waals surface area contributed by atoms with Gasteiger partial charge < -0.3 is 4.42 Å². The van der Waals surface area contributed by atoms with Gasteiger partial charge in [-0.3, -0.25) is 0 Å². The van der Waals surface area contributed by atoms with Crippen molar-refractivity contribution < 1.29 is 4.42 Å². The Balaban J connectivity index is 2.63. The monoisotopic (exact) mass is 175 g/mol. The van der Waals surface area contributed by atoms with Crippen LogP contribution in [0.2, 0.25) is 0 Å². The summed E-state index contributed by atoms with van der Waals surface area (Å²) in [6, 6.07) is 4.22. The number of aromatic nitrogens is 1. The molecule has 0 spiro atoms. The second kappa shape index (κ2) is 3.21. The molecular formula is C11H13NO. The van der Waals surface area contributed by atoms with E-state index in [2.05, 4.69) is 24.9 Å². The molecule has 1 heterocycles. The summed E-state index contributed by atoms with van der Waals surface area (Å²) in [5.41, 5.74) is 4.47. The summed E-state index contributed by atoms with van der Waals surface area (Å²) in [6.07, 6.45) is 3.74. The van der Waals surface area contributed by atoms with E-state index in [-0.39, 0.29) is 0 Å². The molecule has 2 nitrogen and oxygen atoms in total. The van der Waals surface area contributed by atoms with Crippen LogP contribution in [0.1, 0.15) is 24.5 Å². The Bertz CT molecular complexity index is 417. The van der Waals surface area contributed by atoms with Crippen LogP contribution >= 0.6 is 0 Å². The lowest BCUT2D eigenvalue weighted by atomic mass is 10.1. The maximum absolute atomic E-state index is 5.27. The number of rotatable bonds is 2. The lowest BCUT2D eigenvalue weighted by Crippen LogP contribution is -1.86. The van der Waals surface area contributed by atoms with E-state index in [0.717, 1.165) is 23.9 Å². The molecule has 0 N–H and O–H groups in total. The Kier molecular flexibility index (Phi) is 2.05. The number of hydrogen-bond donors (Lipinski definition) is 0. The number of fused-ring (bicyclic) bond motifs is 1. The molecule has 0 bridgehead atoms. The molecule has 2 aromatic rings. The van der Waals surface area contributed by atoms with Crippen molar-refractivity contribution in [3.63, 3.8) is 0 Å². The molecule has 0 saturated carbocycles. The number of aryl methyl sites for hydroxylation is 2. The number of nitrogens with zero attached hydrogens (tertiary/aromatic N) is 1. The summed E-state index contributed by atoms with van der Waals surface area (Å²) >= 11 is 0. The van der Waals surface area contributed by atoms with Crippen LogP contribution in [0.25, 0.3) is 11.1 Å². The van der Waals surface area contributed by atoms with Gasteiger partial charge in [0.2, 0.25) is 0 Å². The summed E-state index contributed by atoms with van der Waals surface area (Å²) in [5.74, 6) is 0. The molecule has 0 saturated heterocycles. The van der Waals surface area contributed by atoms with Gasteiger partial charge in [0.15, 0.2) is 12.0 Å². The zero-order chi connectivity index (χ0) is 9.26. The molecule has 0 aliphatic carbocycles. The lowest BCUT2D eigenvalue weighted by Gasteiger charge is -2.00. The largest absolute Gasteiger partial charge is 0.443 e. The Morgan fingerprint density at radius 3 is 3.00 bits per heavy atom. The van der Waals surface area contributed by atoms with E-state index in [4.69, 9.17) is 4.42 Å². The highest BCUT2D eigenvalue weighted by molar-refractivity contribution is 5.77. The van der Waals surface area contributed by atoms with Gasteiger partial charge in [-0.05, 0) is 30.5 Å². The van der Waals surface area contributed by atoms with Crippen molar-refractivity contribution in [2.75, 3.05) is 0 Å². The molecular weight excluding hydrogens is 162 g/mol. The van der Waals surface area contributed by atoms with E-state index in [9.17, 15) is 0 Å². The van der Waals surface area contributed by atoms with Crippen LogP contribution in [0.15, 0.2) is 22.9 Å². The van der Waals surface area contributed by atoms with E-state index < -0.39 is 0 Å². The average molecular weight is 175 g/mol.